The third-order valence-electron chi connectivity index (χ3n) is 7.01. The second-order valence-corrected chi connectivity index (χ2v) is 11.6. The van der Waals surface area contributed by atoms with Crippen molar-refractivity contribution in [2.75, 3.05) is 26.2 Å². The van der Waals surface area contributed by atoms with Gasteiger partial charge in [0, 0.05) is 57.0 Å². The Hall–Kier alpha value is -1.32. The molecule has 7 nitrogen and oxygen atoms in total. The molecular weight excluding hydrogens is 438 g/mol. The summed E-state index contributed by atoms with van der Waals surface area (Å²) in [5, 5.41) is 0.398. The summed E-state index contributed by atoms with van der Waals surface area (Å²) >= 11 is 6.35. The van der Waals surface area contributed by atoms with Crippen molar-refractivity contribution >= 4 is 33.4 Å². The lowest BCUT2D eigenvalue weighted by atomic mass is 9.83. The highest BCUT2D eigenvalue weighted by molar-refractivity contribution is 7.86. The maximum Gasteiger partial charge on any atom is 0.281 e. The number of ketones is 2. The van der Waals surface area contributed by atoms with Crippen LogP contribution in [0, 0.1) is 11.8 Å². The van der Waals surface area contributed by atoms with Gasteiger partial charge in [-0.25, -0.2) is 0 Å². The Bertz CT molecular complexity index is 989. The standard InChI is InChI=1S/C22H30ClN3O4S/c1-14-13-26(31(29,30)25-6-3-18(24)4-7-25)5-2-15(14)12-22(28)20-10-16-8-19(27)9-17(16)11-21(20)23/h10-11,14-15,18H,2-9,12-13,24H2,1H3/t14-,15-/m1/s1. The minimum Gasteiger partial charge on any atom is -0.328 e. The zero-order valence-electron chi connectivity index (χ0n) is 17.8. The number of benzene rings is 1. The maximum atomic E-state index is 13.0. The predicted molar refractivity (Wildman–Crippen MR) is 119 cm³/mol. The van der Waals surface area contributed by atoms with Gasteiger partial charge in [0.2, 0.25) is 0 Å². The first-order valence-electron chi connectivity index (χ1n) is 11.0. The minimum atomic E-state index is -3.49. The molecule has 2 aliphatic heterocycles. The third-order valence-corrected chi connectivity index (χ3v) is 9.32. The van der Waals surface area contributed by atoms with Crippen LogP contribution in [-0.2, 0) is 27.8 Å². The highest BCUT2D eigenvalue weighted by Crippen LogP contribution is 2.33. The molecule has 1 aliphatic carbocycles. The van der Waals surface area contributed by atoms with E-state index in [0.29, 0.717) is 75.3 Å². The van der Waals surface area contributed by atoms with Crippen molar-refractivity contribution in [3.05, 3.63) is 33.8 Å². The average Bonchev–Trinajstić information content (AvgIpc) is 3.07. The van der Waals surface area contributed by atoms with Crippen molar-refractivity contribution < 1.29 is 18.0 Å². The number of Topliss-reactive ketones (excluding diaryl/α,β-unsaturated/α-hetero) is 2. The van der Waals surface area contributed by atoms with E-state index in [4.69, 9.17) is 17.3 Å². The van der Waals surface area contributed by atoms with Crippen LogP contribution in [0.1, 0.15) is 54.1 Å². The van der Waals surface area contributed by atoms with E-state index in [9.17, 15) is 18.0 Å². The molecule has 0 aromatic heterocycles. The normalized spacial score (nSPS) is 26.2. The summed E-state index contributed by atoms with van der Waals surface area (Å²) in [6.45, 7) is 3.77. The van der Waals surface area contributed by atoms with Crippen LogP contribution in [0.4, 0.5) is 0 Å². The number of rotatable bonds is 5. The molecule has 2 N–H and O–H groups in total. The fourth-order valence-corrected chi connectivity index (χ4v) is 7.03. The second-order valence-electron chi connectivity index (χ2n) is 9.25. The monoisotopic (exact) mass is 467 g/mol. The summed E-state index contributed by atoms with van der Waals surface area (Å²) in [4.78, 5) is 24.7. The van der Waals surface area contributed by atoms with Crippen molar-refractivity contribution in [2.45, 2.75) is 51.5 Å². The van der Waals surface area contributed by atoms with Crippen LogP contribution in [0.15, 0.2) is 12.1 Å². The summed E-state index contributed by atoms with van der Waals surface area (Å²) in [5.41, 5.74) is 8.19. The number of hydrogen-bond donors (Lipinski definition) is 1. The van der Waals surface area contributed by atoms with Gasteiger partial charge in [0.05, 0.1) is 5.02 Å². The molecule has 2 atom stereocenters. The summed E-state index contributed by atoms with van der Waals surface area (Å²) < 4.78 is 29.1. The number of fused-ring (bicyclic) bond motifs is 1. The van der Waals surface area contributed by atoms with Crippen LogP contribution >= 0.6 is 11.6 Å². The van der Waals surface area contributed by atoms with E-state index in [1.165, 1.54) is 0 Å². The number of piperidine rings is 2. The Labute approximate surface area is 189 Å². The van der Waals surface area contributed by atoms with Gasteiger partial charge in [-0.1, -0.05) is 18.5 Å². The van der Waals surface area contributed by atoms with E-state index in [0.717, 1.165) is 11.1 Å². The van der Waals surface area contributed by atoms with E-state index in [2.05, 4.69) is 0 Å². The predicted octanol–water partition coefficient (Wildman–Crippen LogP) is 2.21. The zero-order chi connectivity index (χ0) is 22.3. The second kappa shape index (κ2) is 8.90. The molecule has 0 unspecified atom stereocenters. The number of nitrogens with two attached hydrogens (primary N) is 1. The lowest BCUT2D eigenvalue weighted by molar-refractivity contribution is -0.117. The molecule has 0 amide bonds. The fourth-order valence-electron chi connectivity index (χ4n) is 4.98. The van der Waals surface area contributed by atoms with E-state index in [1.807, 2.05) is 6.92 Å². The van der Waals surface area contributed by atoms with Gasteiger partial charge in [-0.3, -0.25) is 9.59 Å². The van der Waals surface area contributed by atoms with Gasteiger partial charge in [-0.2, -0.15) is 17.0 Å². The van der Waals surface area contributed by atoms with Gasteiger partial charge in [0.1, 0.15) is 5.78 Å². The Morgan fingerprint density at radius 1 is 1.10 bits per heavy atom. The highest BCUT2D eigenvalue weighted by Gasteiger charge is 2.38. The maximum absolute atomic E-state index is 13.0. The van der Waals surface area contributed by atoms with Gasteiger partial charge >= 0.3 is 0 Å². The molecule has 2 fully saturated rings. The minimum absolute atomic E-state index is 0.0367. The molecule has 0 radical (unpaired) electrons. The zero-order valence-corrected chi connectivity index (χ0v) is 19.4. The van der Waals surface area contributed by atoms with Gasteiger partial charge in [-0.15, -0.1) is 0 Å². The lowest BCUT2D eigenvalue weighted by Gasteiger charge is -2.39. The SMILES string of the molecule is C[C@@H]1CN(S(=O)(=O)N2CCC(N)CC2)CC[C@@H]1CC(=O)c1cc2c(cc1Cl)CC(=O)C2. The molecule has 4 rings (SSSR count). The van der Waals surface area contributed by atoms with Gasteiger partial charge in [0.25, 0.3) is 10.2 Å². The first kappa shape index (κ1) is 22.9. The molecular formula is C22H30ClN3O4S. The van der Waals surface area contributed by atoms with Crippen LogP contribution in [0.3, 0.4) is 0 Å². The quantitative estimate of drug-likeness (QED) is 0.669. The Kier molecular flexibility index (Phi) is 6.57. The molecule has 1 aromatic rings. The van der Waals surface area contributed by atoms with Crippen LogP contribution in [0.25, 0.3) is 0 Å². The topological polar surface area (TPSA) is 101 Å². The van der Waals surface area contributed by atoms with Crippen molar-refractivity contribution in [1.82, 2.24) is 8.61 Å². The molecule has 9 heteroatoms. The highest BCUT2D eigenvalue weighted by atomic mass is 35.5. The number of nitrogens with zero attached hydrogens (tertiary/aromatic N) is 2. The molecule has 0 bridgehead atoms. The van der Waals surface area contributed by atoms with Crippen LogP contribution in [0.2, 0.25) is 5.02 Å². The number of carbonyl (C=O) groups is 2. The Morgan fingerprint density at radius 2 is 1.71 bits per heavy atom. The van der Waals surface area contributed by atoms with Gasteiger partial charge in [-0.05, 0) is 54.4 Å². The molecule has 0 saturated carbocycles. The van der Waals surface area contributed by atoms with E-state index in [1.54, 1.807) is 20.7 Å². The van der Waals surface area contributed by atoms with E-state index in [-0.39, 0.29) is 29.4 Å². The van der Waals surface area contributed by atoms with Crippen LogP contribution < -0.4 is 5.73 Å². The van der Waals surface area contributed by atoms with E-state index < -0.39 is 10.2 Å². The van der Waals surface area contributed by atoms with Gasteiger partial charge < -0.3 is 5.73 Å². The number of halogens is 1. The number of hydrogen-bond acceptors (Lipinski definition) is 5. The summed E-state index contributed by atoms with van der Waals surface area (Å²) in [6, 6.07) is 3.60. The molecule has 3 aliphatic rings. The van der Waals surface area contributed by atoms with Crippen molar-refractivity contribution in [1.29, 1.82) is 0 Å². The largest absolute Gasteiger partial charge is 0.328 e. The van der Waals surface area contributed by atoms with Gasteiger partial charge in [0.15, 0.2) is 5.78 Å². The van der Waals surface area contributed by atoms with Crippen LogP contribution in [-0.4, -0.2) is 60.8 Å². The average molecular weight is 468 g/mol. The molecule has 1 aromatic carbocycles. The first-order chi connectivity index (χ1) is 14.6. The van der Waals surface area contributed by atoms with Crippen LogP contribution in [0.5, 0.6) is 0 Å². The number of carbonyl (C=O) groups excluding carboxylic acids is 2. The van der Waals surface area contributed by atoms with Crippen molar-refractivity contribution in [3.8, 4) is 0 Å². The molecule has 31 heavy (non-hydrogen) atoms. The Balaban J connectivity index is 1.39. The van der Waals surface area contributed by atoms with Crippen molar-refractivity contribution in [2.24, 2.45) is 17.6 Å². The molecule has 2 heterocycles. The first-order valence-corrected chi connectivity index (χ1v) is 12.8. The summed E-state index contributed by atoms with van der Waals surface area (Å²) in [6.07, 6.45) is 3.09. The smallest absolute Gasteiger partial charge is 0.281 e. The van der Waals surface area contributed by atoms with Crippen molar-refractivity contribution in [3.63, 3.8) is 0 Å². The molecule has 0 spiro atoms. The fraction of sp³-hybridized carbons (Fsp3) is 0.636. The third kappa shape index (κ3) is 4.73. The Morgan fingerprint density at radius 3 is 2.35 bits per heavy atom. The molecule has 170 valence electrons. The summed E-state index contributed by atoms with van der Waals surface area (Å²) in [5.74, 6) is 0.271. The molecule has 2 saturated heterocycles. The van der Waals surface area contributed by atoms with E-state index >= 15 is 0 Å². The lowest BCUT2D eigenvalue weighted by Crippen LogP contribution is -2.52. The summed E-state index contributed by atoms with van der Waals surface area (Å²) in [7, 11) is -3.49.